The van der Waals surface area contributed by atoms with Crippen LogP contribution in [0.5, 0.6) is 0 Å². The fraction of sp³-hybridized carbons (Fsp3) is 0.308. The minimum absolute atomic E-state index is 0. The molecule has 0 spiro atoms. The van der Waals surface area contributed by atoms with Gasteiger partial charge in [-0.1, -0.05) is 18.2 Å². The lowest BCUT2D eigenvalue weighted by Gasteiger charge is -2.03. The molecule has 0 saturated carbocycles. The lowest BCUT2D eigenvalue weighted by molar-refractivity contribution is 0.602. The van der Waals surface area contributed by atoms with E-state index in [4.69, 9.17) is 5.73 Å². The standard InChI is InChI=1S/C13H19N3O2S.HI/c1-3-9-15-13(14)16-10-8-11-4-6-12(7-5-11)19(2,17)18;/h3-7H,1,8-10H2,2H3,(H3,14,15,16);1H. The van der Waals surface area contributed by atoms with Gasteiger partial charge in [-0.3, -0.25) is 4.99 Å². The average Bonchev–Trinajstić information content (AvgIpc) is 2.36. The first-order chi connectivity index (χ1) is 8.93. The van der Waals surface area contributed by atoms with E-state index in [2.05, 4.69) is 16.9 Å². The summed E-state index contributed by atoms with van der Waals surface area (Å²) in [6, 6.07) is 6.79. The van der Waals surface area contributed by atoms with Crippen LogP contribution in [0.2, 0.25) is 0 Å². The summed E-state index contributed by atoms with van der Waals surface area (Å²) in [6.45, 7) is 4.70. The molecule has 1 aromatic carbocycles. The van der Waals surface area contributed by atoms with Crippen LogP contribution in [0.25, 0.3) is 0 Å². The monoisotopic (exact) mass is 409 g/mol. The number of nitrogens with one attached hydrogen (secondary N) is 1. The van der Waals surface area contributed by atoms with Crippen LogP contribution in [0.1, 0.15) is 5.56 Å². The number of sulfone groups is 1. The molecule has 1 rings (SSSR count). The maximum Gasteiger partial charge on any atom is 0.188 e. The molecule has 7 heteroatoms. The Morgan fingerprint density at radius 1 is 1.40 bits per heavy atom. The topological polar surface area (TPSA) is 84.5 Å². The summed E-state index contributed by atoms with van der Waals surface area (Å²) < 4.78 is 22.6. The molecule has 0 atom stereocenters. The van der Waals surface area contributed by atoms with Crippen molar-refractivity contribution in [3.63, 3.8) is 0 Å². The van der Waals surface area contributed by atoms with E-state index in [0.717, 1.165) is 5.56 Å². The Hall–Kier alpha value is -1.09. The van der Waals surface area contributed by atoms with Crippen LogP contribution >= 0.6 is 24.0 Å². The first kappa shape index (κ1) is 18.9. The van der Waals surface area contributed by atoms with Gasteiger partial charge >= 0.3 is 0 Å². The number of rotatable bonds is 6. The minimum Gasteiger partial charge on any atom is -0.370 e. The van der Waals surface area contributed by atoms with E-state index in [9.17, 15) is 8.42 Å². The molecule has 5 nitrogen and oxygen atoms in total. The molecule has 3 N–H and O–H groups in total. The Balaban J connectivity index is 0.00000361. The lowest BCUT2D eigenvalue weighted by atomic mass is 10.1. The Labute approximate surface area is 137 Å². The molecule has 1 aromatic rings. The minimum atomic E-state index is -3.13. The van der Waals surface area contributed by atoms with Gasteiger partial charge in [-0.05, 0) is 24.1 Å². The van der Waals surface area contributed by atoms with Gasteiger partial charge in [0.25, 0.3) is 0 Å². The SMILES string of the molecule is C=CCNC(N)=NCCc1ccc(S(C)(=O)=O)cc1.I. The maximum absolute atomic E-state index is 11.3. The molecular formula is C13H20IN3O2S. The molecular weight excluding hydrogens is 389 g/mol. The van der Waals surface area contributed by atoms with Crippen molar-refractivity contribution in [2.75, 3.05) is 19.3 Å². The summed E-state index contributed by atoms with van der Waals surface area (Å²) in [5.41, 5.74) is 6.64. The van der Waals surface area contributed by atoms with Gasteiger partial charge in [0, 0.05) is 19.3 Å². The zero-order chi connectivity index (χ0) is 14.3. The van der Waals surface area contributed by atoms with Crippen molar-refractivity contribution in [2.45, 2.75) is 11.3 Å². The first-order valence-corrected chi connectivity index (χ1v) is 7.76. The number of nitrogens with two attached hydrogens (primary N) is 1. The van der Waals surface area contributed by atoms with E-state index >= 15 is 0 Å². The Morgan fingerprint density at radius 2 is 2.00 bits per heavy atom. The largest absolute Gasteiger partial charge is 0.370 e. The van der Waals surface area contributed by atoms with Crippen LogP contribution in [0.3, 0.4) is 0 Å². The van der Waals surface area contributed by atoms with Gasteiger partial charge in [0.2, 0.25) is 0 Å². The normalized spacial score (nSPS) is 11.6. The molecule has 0 amide bonds. The predicted molar refractivity (Wildman–Crippen MR) is 93.4 cm³/mol. The van der Waals surface area contributed by atoms with Crippen LogP contribution < -0.4 is 11.1 Å². The van der Waals surface area contributed by atoms with E-state index in [1.165, 1.54) is 6.26 Å². The van der Waals surface area contributed by atoms with Gasteiger partial charge in [0.05, 0.1) is 4.90 Å². The average molecular weight is 409 g/mol. The van der Waals surface area contributed by atoms with Crippen molar-refractivity contribution in [1.29, 1.82) is 0 Å². The quantitative estimate of drug-likeness (QED) is 0.322. The van der Waals surface area contributed by atoms with Crippen molar-refractivity contribution in [2.24, 2.45) is 10.7 Å². The molecule has 20 heavy (non-hydrogen) atoms. The van der Waals surface area contributed by atoms with Crippen molar-refractivity contribution in [1.82, 2.24) is 5.32 Å². The highest BCUT2D eigenvalue weighted by Crippen LogP contribution is 2.10. The van der Waals surface area contributed by atoms with E-state index in [1.54, 1.807) is 30.3 Å². The summed E-state index contributed by atoms with van der Waals surface area (Å²) in [6.07, 6.45) is 3.60. The Bertz CT molecular complexity index is 553. The highest BCUT2D eigenvalue weighted by molar-refractivity contribution is 14.0. The van der Waals surface area contributed by atoms with Crippen LogP contribution in [-0.4, -0.2) is 33.7 Å². The van der Waals surface area contributed by atoms with E-state index in [-0.39, 0.29) is 24.0 Å². The number of halogens is 1. The second kappa shape index (κ2) is 8.96. The van der Waals surface area contributed by atoms with Crippen LogP contribution in [0.4, 0.5) is 0 Å². The fourth-order valence-electron chi connectivity index (χ4n) is 1.44. The summed E-state index contributed by atoms with van der Waals surface area (Å²) in [7, 11) is -3.13. The molecule has 0 aliphatic heterocycles. The maximum atomic E-state index is 11.3. The molecule has 0 aliphatic carbocycles. The van der Waals surface area contributed by atoms with Gasteiger partial charge in [0.15, 0.2) is 15.8 Å². The number of nitrogens with zero attached hydrogens (tertiary/aromatic N) is 1. The summed E-state index contributed by atoms with van der Waals surface area (Å²) in [4.78, 5) is 4.47. The highest BCUT2D eigenvalue weighted by Gasteiger charge is 2.05. The predicted octanol–water partition coefficient (Wildman–Crippen LogP) is 1.34. The third-order valence-electron chi connectivity index (χ3n) is 2.46. The molecule has 0 aromatic heterocycles. The van der Waals surface area contributed by atoms with Gasteiger partial charge < -0.3 is 11.1 Å². The lowest BCUT2D eigenvalue weighted by Crippen LogP contribution is -2.31. The fourth-order valence-corrected chi connectivity index (χ4v) is 2.07. The second-order valence-electron chi connectivity index (χ2n) is 4.10. The van der Waals surface area contributed by atoms with Crippen molar-refractivity contribution in [3.05, 3.63) is 42.5 Å². The van der Waals surface area contributed by atoms with E-state index in [0.29, 0.717) is 30.4 Å². The molecule has 0 heterocycles. The third kappa shape index (κ3) is 6.90. The Kier molecular flexibility index (Phi) is 8.47. The molecule has 112 valence electrons. The molecule has 0 bridgehead atoms. The van der Waals surface area contributed by atoms with Gasteiger partial charge in [-0.2, -0.15) is 0 Å². The van der Waals surface area contributed by atoms with Crippen molar-refractivity contribution < 1.29 is 8.42 Å². The summed E-state index contributed by atoms with van der Waals surface area (Å²) in [5.74, 6) is 0.382. The molecule has 0 unspecified atom stereocenters. The molecule has 0 radical (unpaired) electrons. The van der Waals surface area contributed by atoms with Crippen LogP contribution in [-0.2, 0) is 16.3 Å². The number of guanidine groups is 1. The number of hydrogen-bond acceptors (Lipinski definition) is 3. The van der Waals surface area contributed by atoms with Gasteiger partial charge in [0.1, 0.15) is 0 Å². The van der Waals surface area contributed by atoms with Gasteiger partial charge in [-0.15, -0.1) is 30.6 Å². The molecule has 0 aliphatic rings. The Morgan fingerprint density at radius 3 is 2.50 bits per heavy atom. The number of benzene rings is 1. The van der Waals surface area contributed by atoms with E-state index < -0.39 is 9.84 Å². The molecule has 0 fully saturated rings. The zero-order valence-corrected chi connectivity index (χ0v) is 14.5. The third-order valence-corrected chi connectivity index (χ3v) is 3.59. The first-order valence-electron chi connectivity index (χ1n) is 5.87. The van der Waals surface area contributed by atoms with Crippen molar-refractivity contribution in [3.8, 4) is 0 Å². The highest BCUT2D eigenvalue weighted by atomic mass is 127. The van der Waals surface area contributed by atoms with Crippen LogP contribution in [0.15, 0.2) is 46.8 Å². The summed E-state index contributed by atoms with van der Waals surface area (Å²) in [5, 5.41) is 2.88. The zero-order valence-electron chi connectivity index (χ0n) is 11.4. The smallest absolute Gasteiger partial charge is 0.188 e. The van der Waals surface area contributed by atoms with Crippen molar-refractivity contribution >= 4 is 39.8 Å². The van der Waals surface area contributed by atoms with Crippen LogP contribution in [0, 0.1) is 0 Å². The molecule has 0 saturated heterocycles. The second-order valence-corrected chi connectivity index (χ2v) is 6.12. The van der Waals surface area contributed by atoms with Gasteiger partial charge in [-0.25, -0.2) is 8.42 Å². The number of hydrogen-bond donors (Lipinski definition) is 2. The summed E-state index contributed by atoms with van der Waals surface area (Å²) >= 11 is 0. The number of aliphatic imine (C=N–C) groups is 1. The van der Waals surface area contributed by atoms with E-state index in [1.807, 2.05) is 0 Å².